The summed E-state index contributed by atoms with van der Waals surface area (Å²) in [5.41, 5.74) is 0. The van der Waals surface area contributed by atoms with Crippen LogP contribution in [0.1, 0.15) is 53.4 Å². The van der Waals surface area contributed by atoms with E-state index in [4.69, 9.17) is 0 Å². The Morgan fingerprint density at radius 1 is 1.29 bits per heavy atom. The molecule has 0 aromatic heterocycles. The molecule has 0 fully saturated rings. The van der Waals surface area contributed by atoms with Crippen molar-refractivity contribution in [2.45, 2.75) is 59.4 Å². The Kier molecular flexibility index (Phi) is 8.61. The van der Waals surface area contributed by atoms with E-state index in [0.29, 0.717) is 12.0 Å². The van der Waals surface area contributed by atoms with E-state index in [0.717, 1.165) is 6.42 Å². The van der Waals surface area contributed by atoms with Gasteiger partial charge >= 0.3 is 0 Å². The zero-order chi connectivity index (χ0) is 10.8. The normalized spacial score (nSPS) is 16.6. The van der Waals surface area contributed by atoms with Gasteiger partial charge in [-0.2, -0.15) is 0 Å². The third-order valence-electron chi connectivity index (χ3n) is 2.47. The van der Waals surface area contributed by atoms with E-state index in [1.807, 2.05) is 6.21 Å². The summed E-state index contributed by atoms with van der Waals surface area (Å²) < 4.78 is 0. The average Bonchev–Trinajstić information content (AvgIpc) is 2.20. The molecule has 0 aliphatic carbocycles. The second-order valence-corrected chi connectivity index (χ2v) is 3.81. The van der Waals surface area contributed by atoms with E-state index in [2.05, 4.69) is 44.8 Å². The van der Waals surface area contributed by atoms with Gasteiger partial charge in [0.15, 0.2) is 0 Å². The first-order valence-electron chi connectivity index (χ1n) is 5.90. The third kappa shape index (κ3) is 5.95. The molecule has 0 rings (SSSR count). The Morgan fingerprint density at radius 2 is 2.00 bits per heavy atom. The molecule has 14 heavy (non-hydrogen) atoms. The maximum absolute atomic E-state index is 4.54. The van der Waals surface area contributed by atoms with Crippen molar-refractivity contribution in [3.05, 3.63) is 12.2 Å². The Morgan fingerprint density at radius 3 is 2.50 bits per heavy atom. The second kappa shape index (κ2) is 8.98. The minimum atomic E-state index is 0.442. The quantitative estimate of drug-likeness (QED) is 0.425. The molecule has 0 spiro atoms. The number of allylic oxidation sites excluding steroid dienone is 1. The van der Waals surface area contributed by atoms with Crippen LogP contribution in [0.5, 0.6) is 0 Å². The highest BCUT2D eigenvalue weighted by Crippen LogP contribution is 2.17. The zero-order valence-electron chi connectivity index (χ0n) is 10.2. The van der Waals surface area contributed by atoms with Gasteiger partial charge in [0.1, 0.15) is 0 Å². The van der Waals surface area contributed by atoms with Crippen LogP contribution in [0.25, 0.3) is 0 Å². The molecule has 0 saturated carbocycles. The highest BCUT2D eigenvalue weighted by atomic mass is 14.8. The molecule has 1 nitrogen and oxygen atoms in total. The third-order valence-corrected chi connectivity index (χ3v) is 2.47. The van der Waals surface area contributed by atoms with Gasteiger partial charge in [-0.25, -0.2) is 0 Å². The van der Waals surface area contributed by atoms with Gasteiger partial charge in [0.25, 0.3) is 0 Å². The van der Waals surface area contributed by atoms with E-state index < -0.39 is 0 Å². The molecule has 1 heteroatoms. The molecule has 0 radical (unpaired) electrons. The molecule has 0 heterocycles. The van der Waals surface area contributed by atoms with Crippen LogP contribution in [0.3, 0.4) is 0 Å². The summed E-state index contributed by atoms with van der Waals surface area (Å²) in [6.07, 6.45) is 11.4. The standard InChI is InChI=1S/C13H25N/c1-5-8-10-13(9-6-2)12(4)14-11-7-3/h6,9,11-13H,5,7-8,10H2,1-4H3/b9-6+,14-11+. The predicted octanol–water partition coefficient (Wildman–Crippen LogP) is 4.24. The molecular formula is C13H25N. The molecule has 82 valence electrons. The van der Waals surface area contributed by atoms with Crippen LogP contribution in [-0.4, -0.2) is 12.3 Å². The van der Waals surface area contributed by atoms with E-state index >= 15 is 0 Å². The Labute approximate surface area is 89.3 Å². The van der Waals surface area contributed by atoms with E-state index in [1.165, 1.54) is 19.3 Å². The van der Waals surface area contributed by atoms with Gasteiger partial charge in [-0.1, -0.05) is 38.8 Å². The first-order chi connectivity index (χ1) is 6.76. The van der Waals surface area contributed by atoms with Crippen molar-refractivity contribution in [3.63, 3.8) is 0 Å². The number of hydrogen-bond acceptors (Lipinski definition) is 1. The minimum Gasteiger partial charge on any atom is -0.294 e. The van der Waals surface area contributed by atoms with Crippen molar-refractivity contribution in [2.24, 2.45) is 10.9 Å². The maximum Gasteiger partial charge on any atom is 0.0530 e. The van der Waals surface area contributed by atoms with Crippen molar-refractivity contribution in [1.82, 2.24) is 0 Å². The SMILES string of the molecule is C/C=C/C(CCCC)C(C)/N=C/CC. The fourth-order valence-electron chi connectivity index (χ4n) is 1.57. The van der Waals surface area contributed by atoms with Crippen molar-refractivity contribution in [3.8, 4) is 0 Å². The van der Waals surface area contributed by atoms with Gasteiger partial charge in [0.2, 0.25) is 0 Å². The lowest BCUT2D eigenvalue weighted by molar-refractivity contribution is 0.481. The van der Waals surface area contributed by atoms with Crippen LogP contribution in [0.4, 0.5) is 0 Å². The molecule has 0 amide bonds. The Balaban J connectivity index is 4.10. The van der Waals surface area contributed by atoms with Gasteiger partial charge < -0.3 is 0 Å². The summed E-state index contributed by atoms with van der Waals surface area (Å²) in [5.74, 6) is 0.628. The fraction of sp³-hybridized carbons (Fsp3) is 0.769. The molecule has 0 aromatic rings. The number of nitrogens with zero attached hydrogens (tertiary/aromatic N) is 1. The molecular weight excluding hydrogens is 170 g/mol. The zero-order valence-corrected chi connectivity index (χ0v) is 10.2. The largest absolute Gasteiger partial charge is 0.294 e. The van der Waals surface area contributed by atoms with Crippen LogP contribution in [-0.2, 0) is 0 Å². The van der Waals surface area contributed by atoms with Crippen molar-refractivity contribution >= 4 is 6.21 Å². The van der Waals surface area contributed by atoms with Gasteiger partial charge in [0.05, 0.1) is 6.04 Å². The summed E-state index contributed by atoms with van der Waals surface area (Å²) in [6, 6.07) is 0.442. The van der Waals surface area contributed by atoms with Crippen molar-refractivity contribution in [2.75, 3.05) is 0 Å². The van der Waals surface area contributed by atoms with E-state index in [-0.39, 0.29) is 0 Å². The van der Waals surface area contributed by atoms with Gasteiger partial charge in [-0.15, -0.1) is 0 Å². The summed E-state index contributed by atoms with van der Waals surface area (Å²) >= 11 is 0. The molecule has 0 aliphatic heterocycles. The lowest BCUT2D eigenvalue weighted by Crippen LogP contribution is -2.13. The monoisotopic (exact) mass is 195 g/mol. The second-order valence-electron chi connectivity index (χ2n) is 3.81. The molecule has 0 aromatic carbocycles. The molecule has 0 N–H and O–H groups in total. The molecule has 2 atom stereocenters. The lowest BCUT2D eigenvalue weighted by Gasteiger charge is -2.16. The summed E-state index contributed by atoms with van der Waals surface area (Å²) in [5, 5.41) is 0. The van der Waals surface area contributed by atoms with Gasteiger partial charge in [-0.05, 0) is 38.8 Å². The van der Waals surface area contributed by atoms with E-state index in [1.54, 1.807) is 0 Å². The first kappa shape index (κ1) is 13.4. The van der Waals surface area contributed by atoms with Gasteiger partial charge in [-0.3, -0.25) is 4.99 Å². The molecule has 0 saturated heterocycles. The lowest BCUT2D eigenvalue weighted by atomic mass is 9.95. The average molecular weight is 195 g/mol. The first-order valence-corrected chi connectivity index (χ1v) is 5.90. The predicted molar refractivity (Wildman–Crippen MR) is 66.1 cm³/mol. The summed E-state index contributed by atoms with van der Waals surface area (Å²) in [7, 11) is 0. The highest BCUT2D eigenvalue weighted by Gasteiger charge is 2.11. The highest BCUT2D eigenvalue weighted by molar-refractivity contribution is 5.56. The summed E-state index contributed by atoms with van der Waals surface area (Å²) in [4.78, 5) is 4.54. The van der Waals surface area contributed by atoms with Crippen LogP contribution in [0, 0.1) is 5.92 Å². The number of aliphatic imine (C=N–C) groups is 1. The fourth-order valence-corrected chi connectivity index (χ4v) is 1.57. The minimum absolute atomic E-state index is 0.442. The molecule has 0 aliphatic rings. The van der Waals surface area contributed by atoms with Crippen molar-refractivity contribution < 1.29 is 0 Å². The van der Waals surface area contributed by atoms with Crippen LogP contribution in [0.2, 0.25) is 0 Å². The van der Waals surface area contributed by atoms with Crippen LogP contribution < -0.4 is 0 Å². The Bertz CT molecular complexity index is 170. The van der Waals surface area contributed by atoms with Gasteiger partial charge in [0, 0.05) is 0 Å². The van der Waals surface area contributed by atoms with Crippen LogP contribution in [0.15, 0.2) is 17.1 Å². The smallest absolute Gasteiger partial charge is 0.0530 e. The number of rotatable bonds is 7. The molecule has 0 bridgehead atoms. The van der Waals surface area contributed by atoms with Crippen molar-refractivity contribution in [1.29, 1.82) is 0 Å². The van der Waals surface area contributed by atoms with E-state index in [9.17, 15) is 0 Å². The topological polar surface area (TPSA) is 12.4 Å². The summed E-state index contributed by atoms with van der Waals surface area (Å²) in [6.45, 7) is 8.68. The number of unbranched alkanes of at least 4 members (excludes halogenated alkanes) is 1. The van der Waals surface area contributed by atoms with Crippen LogP contribution >= 0.6 is 0 Å². The number of hydrogen-bond donors (Lipinski definition) is 0. The Hall–Kier alpha value is -0.590. The molecule has 2 unspecified atom stereocenters. The maximum atomic E-state index is 4.54.